The van der Waals surface area contributed by atoms with E-state index in [0.29, 0.717) is 5.33 Å². The van der Waals surface area contributed by atoms with Gasteiger partial charge in [0, 0.05) is 5.56 Å². The third-order valence-electron chi connectivity index (χ3n) is 3.46. The first-order valence-corrected chi connectivity index (χ1v) is 7.78. The molecule has 0 saturated heterocycles. The van der Waals surface area contributed by atoms with Crippen LogP contribution >= 0.6 is 15.9 Å². The van der Waals surface area contributed by atoms with E-state index in [1.165, 1.54) is 37.7 Å². The van der Waals surface area contributed by atoms with Crippen molar-refractivity contribution in [3.63, 3.8) is 0 Å². The van der Waals surface area contributed by atoms with Crippen molar-refractivity contribution >= 4 is 21.7 Å². The molecule has 0 aliphatic heterocycles. The van der Waals surface area contributed by atoms with Crippen molar-refractivity contribution in [2.24, 2.45) is 0 Å². The Kier molecular flexibility index (Phi) is 5.18. The first kappa shape index (κ1) is 13.5. The zero-order valence-electron chi connectivity index (χ0n) is 10.6. The number of hydrogen-bond acceptors (Lipinski definition) is 1. The lowest BCUT2D eigenvalue weighted by Gasteiger charge is -2.06. The average Bonchev–Trinajstić information content (AvgIpc) is 2.67. The van der Waals surface area contributed by atoms with Gasteiger partial charge in [0.05, 0.1) is 5.33 Å². The number of ketones is 1. The van der Waals surface area contributed by atoms with Gasteiger partial charge in [0.25, 0.3) is 0 Å². The van der Waals surface area contributed by atoms with Crippen molar-refractivity contribution in [3.05, 3.63) is 47.0 Å². The molecule has 2 rings (SSSR count). The maximum atomic E-state index is 11.5. The van der Waals surface area contributed by atoms with Gasteiger partial charge in [-0.3, -0.25) is 4.79 Å². The molecule has 0 saturated carbocycles. The fourth-order valence-electron chi connectivity index (χ4n) is 2.39. The highest BCUT2D eigenvalue weighted by Gasteiger charge is 2.06. The summed E-state index contributed by atoms with van der Waals surface area (Å²) >= 11 is 3.20. The van der Waals surface area contributed by atoms with Crippen molar-refractivity contribution < 1.29 is 4.79 Å². The van der Waals surface area contributed by atoms with Crippen LogP contribution in [0.25, 0.3) is 0 Å². The van der Waals surface area contributed by atoms with E-state index < -0.39 is 0 Å². The highest BCUT2D eigenvalue weighted by Crippen LogP contribution is 2.21. The number of halogens is 1. The van der Waals surface area contributed by atoms with Crippen LogP contribution in [0.15, 0.2) is 35.9 Å². The minimum absolute atomic E-state index is 0.148. The Morgan fingerprint density at radius 3 is 2.61 bits per heavy atom. The van der Waals surface area contributed by atoms with Gasteiger partial charge < -0.3 is 0 Å². The molecule has 0 bridgehead atoms. The summed E-state index contributed by atoms with van der Waals surface area (Å²) < 4.78 is 0. The maximum absolute atomic E-state index is 11.5. The molecule has 0 N–H and O–H groups in total. The van der Waals surface area contributed by atoms with Gasteiger partial charge in [0.1, 0.15) is 0 Å². The number of allylic oxidation sites excluding steroid dienone is 2. The van der Waals surface area contributed by atoms with E-state index in [0.717, 1.165) is 12.0 Å². The SMILES string of the molecule is O=C(CBr)c1ccc(CC2=CCCCCC2)cc1. The Morgan fingerprint density at radius 2 is 1.89 bits per heavy atom. The van der Waals surface area contributed by atoms with Gasteiger partial charge in [0.15, 0.2) is 5.78 Å². The normalized spacial score (nSPS) is 15.9. The minimum atomic E-state index is 0.148. The Hall–Kier alpha value is -0.890. The number of alkyl halides is 1. The third kappa shape index (κ3) is 3.81. The Labute approximate surface area is 117 Å². The van der Waals surface area contributed by atoms with Crippen LogP contribution in [0.5, 0.6) is 0 Å². The van der Waals surface area contributed by atoms with Crippen molar-refractivity contribution in [3.8, 4) is 0 Å². The minimum Gasteiger partial charge on any atom is -0.293 e. The molecular weight excluding hydrogens is 288 g/mol. The van der Waals surface area contributed by atoms with Crippen molar-refractivity contribution in [2.75, 3.05) is 5.33 Å². The fraction of sp³-hybridized carbons (Fsp3) is 0.438. The molecule has 0 amide bonds. The summed E-state index contributed by atoms with van der Waals surface area (Å²) in [4.78, 5) is 11.5. The molecule has 1 nitrogen and oxygen atoms in total. The zero-order chi connectivity index (χ0) is 12.8. The quantitative estimate of drug-likeness (QED) is 0.448. The highest BCUT2D eigenvalue weighted by molar-refractivity contribution is 9.09. The van der Waals surface area contributed by atoms with Gasteiger partial charge in [-0.1, -0.05) is 58.3 Å². The summed E-state index contributed by atoms with van der Waals surface area (Å²) in [5, 5.41) is 0.400. The molecule has 0 spiro atoms. The van der Waals surface area contributed by atoms with Crippen LogP contribution in [-0.2, 0) is 6.42 Å². The van der Waals surface area contributed by atoms with Crippen molar-refractivity contribution in [2.45, 2.75) is 38.5 Å². The van der Waals surface area contributed by atoms with E-state index in [1.54, 1.807) is 5.57 Å². The average molecular weight is 307 g/mol. The molecule has 1 aliphatic rings. The predicted molar refractivity (Wildman–Crippen MR) is 79.4 cm³/mol. The lowest BCUT2D eigenvalue weighted by atomic mass is 10.00. The molecule has 0 unspecified atom stereocenters. The first-order chi connectivity index (χ1) is 8.79. The zero-order valence-corrected chi connectivity index (χ0v) is 12.2. The molecule has 0 heterocycles. The molecule has 1 aromatic carbocycles. The summed E-state index contributed by atoms with van der Waals surface area (Å²) in [7, 11) is 0. The topological polar surface area (TPSA) is 17.1 Å². The lowest BCUT2D eigenvalue weighted by molar-refractivity contribution is 0.102. The molecule has 0 fully saturated rings. The number of carbonyl (C=O) groups excluding carboxylic acids is 1. The number of Topliss-reactive ketones (excluding diaryl/α,β-unsaturated/α-hetero) is 1. The highest BCUT2D eigenvalue weighted by atomic mass is 79.9. The Bertz CT molecular complexity index is 431. The second-order valence-electron chi connectivity index (χ2n) is 4.89. The monoisotopic (exact) mass is 306 g/mol. The van der Waals surface area contributed by atoms with Crippen molar-refractivity contribution in [1.29, 1.82) is 0 Å². The van der Waals surface area contributed by atoms with E-state index in [4.69, 9.17) is 0 Å². The summed E-state index contributed by atoms with van der Waals surface area (Å²) in [6.45, 7) is 0. The molecule has 1 aromatic rings. The van der Waals surface area contributed by atoms with Gasteiger partial charge in [-0.2, -0.15) is 0 Å². The van der Waals surface area contributed by atoms with Crippen molar-refractivity contribution in [1.82, 2.24) is 0 Å². The molecule has 96 valence electrons. The van der Waals surface area contributed by atoms with Crippen LogP contribution in [0, 0.1) is 0 Å². The maximum Gasteiger partial charge on any atom is 0.173 e. The lowest BCUT2D eigenvalue weighted by Crippen LogP contribution is -2.00. The predicted octanol–water partition coefficient (Wildman–Crippen LogP) is 4.70. The number of rotatable bonds is 4. The van der Waals surface area contributed by atoms with E-state index >= 15 is 0 Å². The largest absolute Gasteiger partial charge is 0.293 e. The second kappa shape index (κ2) is 6.89. The standard InChI is InChI=1S/C16H19BrO/c17-12-16(18)15-9-7-14(8-10-15)11-13-5-3-1-2-4-6-13/h5,7-10H,1-4,6,11-12H2. The summed E-state index contributed by atoms with van der Waals surface area (Å²) in [5.41, 5.74) is 3.67. The van der Waals surface area contributed by atoms with Crippen LogP contribution in [0.4, 0.5) is 0 Å². The van der Waals surface area contributed by atoms with Crippen LogP contribution in [0.1, 0.15) is 48.0 Å². The third-order valence-corrected chi connectivity index (χ3v) is 3.97. The van der Waals surface area contributed by atoms with E-state index in [-0.39, 0.29) is 5.78 Å². The molecule has 0 radical (unpaired) electrons. The van der Waals surface area contributed by atoms with Crippen LogP contribution in [0.2, 0.25) is 0 Å². The first-order valence-electron chi connectivity index (χ1n) is 6.65. The number of carbonyl (C=O) groups is 1. The molecule has 2 heteroatoms. The molecule has 0 aromatic heterocycles. The van der Waals surface area contributed by atoms with Gasteiger partial charge in [-0.15, -0.1) is 0 Å². The molecule has 18 heavy (non-hydrogen) atoms. The van der Waals surface area contributed by atoms with E-state index in [1.807, 2.05) is 12.1 Å². The number of hydrogen-bond donors (Lipinski definition) is 0. The molecular formula is C16H19BrO. The van der Waals surface area contributed by atoms with Crippen LogP contribution in [0.3, 0.4) is 0 Å². The van der Waals surface area contributed by atoms with Gasteiger partial charge in [0.2, 0.25) is 0 Å². The fourth-order valence-corrected chi connectivity index (χ4v) is 2.71. The van der Waals surface area contributed by atoms with Gasteiger partial charge in [-0.05, 0) is 37.7 Å². The summed E-state index contributed by atoms with van der Waals surface area (Å²) in [5.74, 6) is 0.148. The summed E-state index contributed by atoms with van der Waals surface area (Å²) in [6.07, 6.45) is 9.94. The summed E-state index contributed by atoms with van der Waals surface area (Å²) in [6, 6.07) is 8.05. The van der Waals surface area contributed by atoms with Crippen LogP contribution in [-0.4, -0.2) is 11.1 Å². The molecule has 0 atom stereocenters. The Balaban J connectivity index is 2.01. The number of benzene rings is 1. The molecule has 1 aliphatic carbocycles. The smallest absolute Gasteiger partial charge is 0.173 e. The Morgan fingerprint density at radius 1 is 1.11 bits per heavy atom. The van der Waals surface area contributed by atoms with Crippen LogP contribution < -0.4 is 0 Å². The van der Waals surface area contributed by atoms with Gasteiger partial charge in [-0.25, -0.2) is 0 Å². The van der Waals surface area contributed by atoms with Gasteiger partial charge >= 0.3 is 0 Å². The second-order valence-corrected chi connectivity index (χ2v) is 5.45. The van der Waals surface area contributed by atoms with E-state index in [9.17, 15) is 4.79 Å². The van der Waals surface area contributed by atoms with E-state index in [2.05, 4.69) is 34.1 Å².